The van der Waals surface area contributed by atoms with E-state index in [-0.39, 0.29) is 55.8 Å². The van der Waals surface area contributed by atoms with Crippen LogP contribution in [0.3, 0.4) is 0 Å². The number of aldehydes is 1. The molecule has 0 unspecified atom stereocenters. The first-order chi connectivity index (χ1) is 20.7. The van der Waals surface area contributed by atoms with Crippen LogP contribution >= 0.6 is 24.0 Å². The van der Waals surface area contributed by atoms with Crippen LogP contribution in [0.2, 0.25) is 0 Å². The van der Waals surface area contributed by atoms with E-state index in [1.54, 1.807) is 106 Å². The van der Waals surface area contributed by atoms with Gasteiger partial charge in [0.2, 0.25) is 22.9 Å². The average molecular weight is 739 g/mol. The number of halogens is 1. The fraction of sp³-hybridized carbons (Fsp3) is 0.343. The molecule has 0 aromatic heterocycles. The van der Waals surface area contributed by atoms with Crippen LogP contribution in [0.4, 0.5) is 0 Å². The highest BCUT2D eigenvalue weighted by atomic mass is 127. The number of benzene rings is 2. The van der Waals surface area contributed by atoms with Gasteiger partial charge in [0.05, 0.1) is 0 Å². The minimum absolute atomic E-state index is 0. The second-order valence-corrected chi connectivity index (χ2v) is 11.2. The number of carbonyl (C=O) groups excluding carboxylic acids is 5. The summed E-state index contributed by atoms with van der Waals surface area (Å²) in [5, 5.41) is 0. The van der Waals surface area contributed by atoms with E-state index in [1.165, 1.54) is 0 Å². The molecular formula is C35H45BIN4O5+2. The molecule has 0 bridgehead atoms. The third-order valence-corrected chi connectivity index (χ3v) is 7.90. The van der Waals surface area contributed by atoms with Gasteiger partial charge in [-0.3, -0.25) is 29.0 Å². The largest absolute Gasteiger partial charge is 0.304 e. The molecule has 2 atom stereocenters. The number of ketones is 2. The first kappa shape index (κ1) is 42.0. The predicted octanol–water partition coefficient (Wildman–Crippen LogP) is 4.26. The summed E-state index contributed by atoms with van der Waals surface area (Å²) in [7, 11) is 3.43. The van der Waals surface area contributed by atoms with E-state index in [9.17, 15) is 24.0 Å². The number of hydrogen-bond donors (Lipinski definition) is 0. The highest BCUT2D eigenvalue weighted by Gasteiger charge is 2.58. The van der Waals surface area contributed by atoms with Crippen LogP contribution in [0.15, 0.2) is 86.0 Å². The molecule has 2 aromatic rings. The molecule has 0 spiro atoms. The Kier molecular flexibility index (Phi) is 16.6. The normalized spacial score (nSPS) is 20.7. The Bertz CT molecular complexity index is 1360. The summed E-state index contributed by atoms with van der Waals surface area (Å²) in [5.41, 5.74) is -0.0281. The van der Waals surface area contributed by atoms with Gasteiger partial charge in [0.25, 0.3) is 12.1 Å². The molecule has 2 fully saturated rings. The minimum atomic E-state index is -0.824. The standard InChI is InChI=1S/2C16H19N2O2.C3H6O.B.HI/c2*1-5-11-18-13(15(20)17(4)16(18,2)3)14(19)12-9-7-6-8-10-12;1-2-3-4;;/h2*5-11,13H,1H2,2-4H3;3H,2H2,1H3;;1H/q2*+1;;;/b18-11+;18-11-;;;/t2*13-;;;/m00.../s1. The Morgan fingerprint density at radius 2 is 1.02 bits per heavy atom. The smallest absolute Gasteiger partial charge is 0.303 e. The van der Waals surface area contributed by atoms with E-state index in [1.807, 2.05) is 46.8 Å². The van der Waals surface area contributed by atoms with Gasteiger partial charge in [-0.2, -0.15) is 9.15 Å². The van der Waals surface area contributed by atoms with Crippen molar-refractivity contribution in [2.24, 2.45) is 0 Å². The molecule has 4 rings (SSSR count). The van der Waals surface area contributed by atoms with Crippen LogP contribution in [-0.4, -0.2) is 107 Å². The fourth-order valence-electron chi connectivity index (χ4n) is 4.88. The summed E-state index contributed by atoms with van der Waals surface area (Å²) >= 11 is 0. The van der Waals surface area contributed by atoms with Crippen molar-refractivity contribution in [3.05, 3.63) is 97.1 Å². The molecule has 2 heterocycles. The first-order valence-electron chi connectivity index (χ1n) is 14.4. The van der Waals surface area contributed by atoms with E-state index < -0.39 is 23.4 Å². The Hall–Kier alpha value is -4.00. The predicted molar refractivity (Wildman–Crippen MR) is 193 cm³/mol. The van der Waals surface area contributed by atoms with Gasteiger partial charge in [-0.1, -0.05) is 80.7 Å². The van der Waals surface area contributed by atoms with Crippen LogP contribution in [-0.2, 0) is 14.4 Å². The molecule has 2 aliphatic heterocycles. The second-order valence-electron chi connectivity index (χ2n) is 11.2. The average Bonchev–Trinajstić information content (AvgIpc) is 3.30. The molecule has 0 aliphatic carbocycles. The lowest BCUT2D eigenvalue weighted by molar-refractivity contribution is -0.604. The van der Waals surface area contributed by atoms with E-state index >= 15 is 0 Å². The lowest BCUT2D eigenvalue weighted by Gasteiger charge is -2.22. The Labute approximate surface area is 292 Å². The van der Waals surface area contributed by atoms with Crippen molar-refractivity contribution >= 4 is 74.5 Å². The van der Waals surface area contributed by atoms with Crippen LogP contribution in [0, 0.1) is 0 Å². The third-order valence-electron chi connectivity index (χ3n) is 7.90. The summed E-state index contributed by atoms with van der Waals surface area (Å²) in [6, 6.07) is 16.1. The van der Waals surface area contributed by atoms with Crippen LogP contribution in [0.1, 0.15) is 61.8 Å². The van der Waals surface area contributed by atoms with Crippen molar-refractivity contribution in [3.8, 4) is 0 Å². The van der Waals surface area contributed by atoms with Crippen molar-refractivity contribution in [3.63, 3.8) is 0 Å². The van der Waals surface area contributed by atoms with Gasteiger partial charge in [0.1, 0.15) is 6.29 Å². The molecule has 46 heavy (non-hydrogen) atoms. The summed E-state index contributed by atoms with van der Waals surface area (Å²) in [4.78, 5) is 62.5. The van der Waals surface area contributed by atoms with Crippen molar-refractivity contribution in [1.82, 2.24) is 9.80 Å². The van der Waals surface area contributed by atoms with Gasteiger partial charge in [-0.25, -0.2) is 0 Å². The third kappa shape index (κ3) is 8.83. The number of likely N-dealkylation sites (N-methyl/N-ethyl adjacent to an activating group) is 2. The lowest BCUT2D eigenvalue weighted by atomic mass is 10.0. The number of amides is 2. The highest BCUT2D eigenvalue weighted by molar-refractivity contribution is 14.0. The zero-order chi connectivity index (χ0) is 33.2. The zero-order valence-corrected chi connectivity index (χ0v) is 30.1. The lowest BCUT2D eigenvalue weighted by Crippen LogP contribution is -2.44. The van der Waals surface area contributed by atoms with Crippen LogP contribution < -0.4 is 0 Å². The van der Waals surface area contributed by atoms with Gasteiger partial charge in [-0.15, -0.1) is 24.0 Å². The molecule has 2 aliphatic rings. The van der Waals surface area contributed by atoms with Crippen LogP contribution in [0.5, 0.6) is 0 Å². The maximum atomic E-state index is 12.6. The molecule has 2 aromatic carbocycles. The molecule has 0 saturated carbocycles. The van der Waals surface area contributed by atoms with Gasteiger partial charge < -0.3 is 4.79 Å². The van der Waals surface area contributed by atoms with E-state index in [0.29, 0.717) is 17.5 Å². The molecule has 243 valence electrons. The molecule has 9 nitrogen and oxygen atoms in total. The zero-order valence-electron chi connectivity index (χ0n) is 27.8. The minimum Gasteiger partial charge on any atom is -0.303 e. The summed E-state index contributed by atoms with van der Waals surface area (Å²) in [6.07, 6.45) is 8.11. The SMILES string of the molecule is C=C/C=[N+]1/[C@@H](C(=O)c2ccccc2)C(=O)N(C)C1(C)C.C=C/C=[N+]1\[C@@H](C(=O)c2ccccc2)C(=O)N(C)C1(C)C.CCC=O.I.[B]. The summed E-state index contributed by atoms with van der Waals surface area (Å²) < 4.78 is 3.52. The van der Waals surface area contributed by atoms with E-state index in [0.717, 1.165) is 6.29 Å². The van der Waals surface area contributed by atoms with Crippen molar-refractivity contribution in [2.75, 3.05) is 14.1 Å². The maximum absolute atomic E-state index is 12.6. The van der Waals surface area contributed by atoms with E-state index in [4.69, 9.17) is 0 Å². The van der Waals surface area contributed by atoms with Gasteiger partial charge in [0, 0.05) is 67.8 Å². The number of allylic oxidation sites excluding steroid dienone is 2. The molecule has 2 saturated heterocycles. The molecule has 0 N–H and O–H groups in total. The molecule has 11 heteroatoms. The summed E-state index contributed by atoms with van der Waals surface area (Å²) in [5.74, 6) is -0.763. The van der Waals surface area contributed by atoms with Crippen molar-refractivity contribution < 1.29 is 33.1 Å². The molecule has 3 radical (unpaired) electrons. The monoisotopic (exact) mass is 739 g/mol. The quantitative estimate of drug-likeness (QED) is 0.106. The Morgan fingerprint density at radius 1 is 0.739 bits per heavy atom. The maximum Gasteiger partial charge on any atom is 0.304 e. The molecule has 2 amide bonds. The number of hydrogen-bond acceptors (Lipinski definition) is 5. The van der Waals surface area contributed by atoms with Gasteiger partial charge >= 0.3 is 11.8 Å². The number of nitrogens with zero attached hydrogens (tertiary/aromatic N) is 4. The van der Waals surface area contributed by atoms with E-state index in [2.05, 4.69) is 13.2 Å². The highest BCUT2D eigenvalue weighted by Crippen LogP contribution is 2.28. The van der Waals surface area contributed by atoms with Gasteiger partial charge in [0.15, 0.2) is 12.4 Å². The van der Waals surface area contributed by atoms with Gasteiger partial charge in [-0.05, 0) is 12.2 Å². The van der Waals surface area contributed by atoms with Crippen molar-refractivity contribution in [1.29, 1.82) is 0 Å². The first-order valence-corrected chi connectivity index (χ1v) is 14.4. The number of Topliss-reactive ketones (excluding diaryl/α,β-unsaturated/α-hetero) is 2. The topological polar surface area (TPSA) is 97.8 Å². The number of rotatable bonds is 7. The van der Waals surface area contributed by atoms with Crippen LogP contribution in [0.25, 0.3) is 0 Å². The van der Waals surface area contributed by atoms with Crippen molar-refractivity contribution in [2.45, 2.75) is 64.4 Å². The molecular weight excluding hydrogens is 694 g/mol. The fourth-order valence-corrected chi connectivity index (χ4v) is 4.88. The summed E-state index contributed by atoms with van der Waals surface area (Å²) in [6.45, 7) is 16.8. The number of carbonyl (C=O) groups is 5. The Balaban J connectivity index is 0.000000759. The second kappa shape index (κ2) is 18.2. The Morgan fingerprint density at radius 3 is 1.26 bits per heavy atom.